The first kappa shape index (κ1) is 20.2. The second-order valence-corrected chi connectivity index (χ2v) is 10.1. The molecule has 4 aliphatic carbocycles. The average Bonchev–Trinajstić information content (AvgIpc) is 2.69. The summed E-state index contributed by atoms with van der Waals surface area (Å²) in [5.74, 6) is 3.65. The maximum absolute atomic E-state index is 12.5. The fourth-order valence-corrected chi connectivity index (χ4v) is 7.03. The first-order chi connectivity index (χ1) is 14.5. The molecule has 1 saturated heterocycles. The van der Waals surface area contributed by atoms with Gasteiger partial charge in [-0.2, -0.15) is 0 Å². The molecule has 5 fully saturated rings. The summed E-state index contributed by atoms with van der Waals surface area (Å²) in [5, 5.41) is 13.9. The molecule has 7 nitrogen and oxygen atoms in total. The smallest absolute Gasteiger partial charge is 0.289 e. The molecule has 1 amide bonds. The Bertz CT molecular complexity index is 812. The zero-order chi connectivity index (χ0) is 20.8. The van der Waals surface area contributed by atoms with Gasteiger partial charge in [-0.1, -0.05) is 11.6 Å². The van der Waals surface area contributed by atoms with Gasteiger partial charge in [0.15, 0.2) is 0 Å². The summed E-state index contributed by atoms with van der Waals surface area (Å²) in [7, 11) is 0. The Morgan fingerprint density at radius 3 is 2.30 bits per heavy atom. The van der Waals surface area contributed by atoms with E-state index in [-0.39, 0.29) is 16.6 Å². The van der Waals surface area contributed by atoms with Crippen molar-refractivity contribution in [3.8, 4) is 0 Å². The minimum atomic E-state index is -0.540. The van der Waals surface area contributed by atoms with Gasteiger partial charge < -0.3 is 5.32 Å². The normalized spacial score (nSPS) is 33.6. The maximum Gasteiger partial charge on any atom is 0.289 e. The van der Waals surface area contributed by atoms with Crippen molar-refractivity contribution < 1.29 is 9.72 Å². The number of rotatable bonds is 5. The lowest BCUT2D eigenvalue weighted by Crippen LogP contribution is -2.60. The monoisotopic (exact) mass is 432 g/mol. The molecule has 1 aromatic carbocycles. The molecule has 162 valence electrons. The summed E-state index contributed by atoms with van der Waals surface area (Å²) in [6.45, 7) is 4.18. The Labute approximate surface area is 181 Å². The van der Waals surface area contributed by atoms with Crippen LogP contribution in [0.5, 0.6) is 0 Å². The number of nitrogens with zero attached hydrogens (tertiary/aromatic N) is 3. The van der Waals surface area contributed by atoms with Crippen molar-refractivity contribution in [1.82, 2.24) is 9.80 Å². The topological polar surface area (TPSA) is 78.7 Å². The second-order valence-electron chi connectivity index (χ2n) is 9.70. The number of anilines is 1. The zero-order valence-electron chi connectivity index (χ0n) is 17.1. The van der Waals surface area contributed by atoms with Crippen LogP contribution in [0.2, 0.25) is 5.02 Å². The Morgan fingerprint density at radius 2 is 1.70 bits per heavy atom. The standard InChI is InChI=1S/C22H29ClN4O3/c23-19-2-1-18(12-20(19)27(29)30)24-21(28)13-25-3-5-26(6-4-25)22-16-8-14-7-15(10-16)11-17(22)9-14/h1-2,12,14-17,22H,3-11,13H2,(H,24,28). The van der Waals surface area contributed by atoms with Crippen molar-refractivity contribution in [2.45, 2.75) is 38.1 Å². The number of piperazine rings is 1. The summed E-state index contributed by atoms with van der Waals surface area (Å²) in [5.41, 5.74) is 0.210. The molecule has 1 N–H and O–H groups in total. The molecular formula is C22H29ClN4O3. The van der Waals surface area contributed by atoms with E-state index >= 15 is 0 Å². The predicted molar refractivity (Wildman–Crippen MR) is 116 cm³/mol. The van der Waals surface area contributed by atoms with Crippen molar-refractivity contribution >= 4 is 28.9 Å². The van der Waals surface area contributed by atoms with Gasteiger partial charge in [0, 0.05) is 44.0 Å². The summed E-state index contributed by atoms with van der Waals surface area (Å²) in [6, 6.07) is 5.12. The summed E-state index contributed by atoms with van der Waals surface area (Å²) in [4.78, 5) is 27.8. The Hall–Kier alpha value is -1.70. The van der Waals surface area contributed by atoms with E-state index in [4.69, 9.17) is 11.6 Å². The number of benzene rings is 1. The van der Waals surface area contributed by atoms with E-state index in [9.17, 15) is 14.9 Å². The number of hydrogen-bond acceptors (Lipinski definition) is 5. The number of nitro groups is 1. The van der Waals surface area contributed by atoms with E-state index in [1.54, 1.807) is 6.07 Å². The first-order valence-electron chi connectivity index (χ1n) is 11.2. The van der Waals surface area contributed by atoms with Gasteiger partial charge in [-0.25, -0.2) is 0 Å². The summed E-state index contributed by atoms with van der Waals surface area (Å²) in [6.07, 6.45) is 7.24. The molecule has 1 aliphatic heterocycles. The van der Waals surface area contributed by atoms with Crippen molar-refractivity contribution in [2.24, 2.45) is 23.7 Å². The molecule has 8 heteroatoms. The molecule has 0 aromatic heterocycles. The number of nitrogens with one attached hydrogen (secondary N) is 1. The van der Waals surface area contributed by atoms with E-state index < -0.39 is 4.92 Å². The van der Waals surface area contributed by atoms with Crippen LogP contribution in [0.4, 0.5) is 11.4 Å². The van der Waals surface area contributed by atoms with E-state index in [0.29, 0.717) is 12.2 Å². The Morgan fingerprint density at radius 1 is 1.07 bits per heavy atom. The zero-order valence-corrected chi connectivity index (χ0v) is 17.9. The number of nitro benzene ring substituents is 1. The molecule has 0 spiro atoms. The Balaban J connectivity index is 1.13. The van der Waals surface area contributed by atoms with Gasteiger partial charge in [0.05, 0.1) is 11.5 Å². The summed E-state index contributed by atoms with van der Waals surface area (Å²) >= 11 is 5.84. The van der Waals surface area contributed by atoms with Gasteiger partial charge in [-0.3, -0.25) is 24.7 Å². The lowest BCUT2D eigenvalue weighted by Gasteiger charge is -2.58. The SMILES string of the molecule is O=C(CN1CCN(C2C3CC4CC(C3)CC2C4)CC1)Nc1ccc(Cl)c([N+](=O)[O-])c1. The van der Waals surface area contributed by atoms with Crippen LogP contribution in [-0.2, 0) is 4.79 Å². The van der Waals surface area contributed by atoms with Crippen LogP contribution in [0, 0.1) is 33.8 Å². The van der Waals surface area contributed by atoms with E-state index in [1.807, 2.05) is 0 Å². The first-order valence-corrected chi connectivity index (χ1v) is 11.5. The van der Waals surface area contributed by atoms with Crippen LogP contribution in [0.1, 0.15) is 32.1 Å². The van der Waals surface area contributed by atoms with Crippen LogP contribution in [0.25, 0.3) is 0 Å². The maximum atomic E-state index is 12.5. The molecule has 6 rings (SSSR count). The van der Waals surface area contributed by atoms with Gasteiger partial charge in [0.1, 0.15) is 5.02 Å². The van der Waals surface area contributed by atoms with Gasteiger partial charge in [0.2, 0.25) is 5.91 Å². The van der Waals surface area contributed by atoms with Crippen LogP contribution in [0.15, 0.2) is 18.2 Å². The molecule has 5 aliphatic rings. The van der Waals surface area contributed by atoms with Gasteiger partial charge in [0.25, 0.3) is 5.69 Å². The van der Waals surface area contributed by atoms with Gasteiger partial charge in [-0.15, -0.1) is 0 Å². The largest absolute Gasteiger partial charge is 0.325 e. The van der Waals surface area contributed by atoms with E-state index in [0.717, 1.165) is 55.9 Å². The average molecular weight is 433 g/mol. The predicted octanol–water partition coefficient (Wildman–Crippen LogP) is 3.63. The highest BCUT2D eigenvalue weighted by Crippen LogP contribution is 2.55. The molecule has 4 saturated carbocycles. The Kier molecular flexibility index (Phi) is 5.45. The quantitative estimate of drug-likeness (QED) is 0.567. The summed E-state index contributed by atoms with van der Waals surface area (Å²) < 4.78 is 0. The fourth-order valence-electron chi connectivity index (χ4n) is 6.85. The molecule has 1 aromatic rings. The minimum absolute atomic E-state index is 0.0684. The lowest BCUT2D eigenvalue weighted by molar-refractivity contribution is -0.384. The number of carbonyl (C=O) groups is 1. The number of hydrogen-bond donors (Lipinski definition) is 1. The molecule has 0 unspecified atom stereocenters. The second kappa shape index (κ2) is 8.09. The van der Waals surface area contributed by atoms with Crippen molar-refractivity contribution in [1.29, 1.82) is 0 Å². The molecule has 30 heavy (non-hydrogen) atoms. The highest BCUT2D eigenvalue weighted by Gasteiger charge is 2.50. The highest BCUT2D eigenvalue weighted by atomic mass is 35.5. The number of amides is 1. The highest BCUT2D eigenvalue weighted by molar-refractivity contribution is 6.32. The van der Waals surface area contributed by atoms with Crippen molar-refractivity contribution in [2.75, 3.05) is 38.0 Å². The third kappa shape index (κ3) is 3.95. The molecule has 0 atom stereocenters. The third-order valence-corrected chi connectivity index (χ3v) is 8.12. The van der Waals surface area contributed by atoms with Crippen LogP contribution in [-0.4, -0.2) is 59.4 Å². The molecular weight excluding hydrogens is 404 g/mol. The lowest BCUT2D eigenvalue weighted by atomic mass is 9.54. The van der Waals surface area contributed by atoms with E-state index in [2.05, 4.69) is 15.1 Å². The number of carbonyl (C=O) groups excluding carboxylic acids is 1. The van der Waals surface area contributed by atoms with Gasteiger partial charge >= 0.3 is 0 Å². The van der Waals surface area contributed by atoms with Crippen LogP contribution in [0.3, 0.4) is 0 Å². The third-order valence-electron chi connectivity index (χ3n) is 7.80. The number of halogens is 1. The van der Waals surface area contributed by atoms with Crippen molar-refractivity contribution in [3.05, 3.63) is 33.3 Å². The molecule has 0 radical (unpaired) electrons. The fraction of sp³-hybridized carbons (Fsp3) is 0.682. The van der Waals surface area contributed by atoms with Crippen LogP contribution < -0.4 is 5.32 Å². The minimum Gasteiger partial charge on any atom is -0.325 e. The molecule has 4 bridgehead atoms. The molecule has 1 heterocycles. The van der Waals surface area contributed by atoms with Crippen molar-refractivity contribution in [3.63, 3.8) is 0 Å². The van der Waals surface area contributed by atoms with Crippen LogP contribution >= 0.6 is 11.6 Å². The van der Waals surface area contributed by atoms with E-state index in [1.165, 1.54) is 44.2 Å². The van der Waals surface area contributed by atoms with Gasteiger partial charge in [-0.05, 0) is 67.9 Å².